The van der Waals surface area contributed by atoms with Crippen LogP contribution in [0.4, 0.5) is 13.2 Å². The van der Waals surface area contributed by atoms with Gasteiger partial charge in [-0.25, -0.2) is 8.78 Å². The second kappa shape index (κ2) is 13.3. The predicted molar refractivity (Wildman–Crippen MR) is 47.6 cm³/mol. The smallest absolute Gasteiger partial charge is 0.247 e. The van der Waals surface area contributed by atoms with Gasteiger partial charge >= 0.3 is 0 Å². The van der Waals surface area contributed by atoms with E-state index >= 15 is 0 Å². The number of rotatable bonds is 3. The molecule has 0 spiro atoms. The Morgan fingerprint density at radius 2 is 1.50 bits per heavy atom. The van der Waals surface area contributed by atoms with Crippen LogP contribution >= 0.6 is 0 Å². The molecule has 0 aliphatic rings. The average Bonchev–Trinajstić information content (AvgIpc) is 1.87. The quantitative estimate of drug-likeness (QED) is 0.661. The average molecular weight is 190 g/mol. The Balaban J connectivity index is -0.0000000740. The van der Waals surface area contributed by atoms with Crippen molar-refractivity contribution in [3.63, 3.8) is 0 Å². The SMILES string of the molecule is C.C.CF.COCCC(C)(F)F. The molecule has 0 aromatic heterocycles. The Morgan fingerprint density at radius 3 is 1.58 bits per heavy atom. The molecule has 0 N–H and O–H groups in total. The van der Waals surface area contributed by atoms with E-state index in [2.05, 4.69) is 4.74 Å². The molecular formula is C8H21F3O. The maximum absolute atomic E-state index is 11.8. The van der Waals surface area contributed by atoms with Crippen molar-refractivity contribution >= 4 is 0 Å². The maximum atomic E-state index is 11.8. The Hall–Kier alpha value is -0.250. The zero-order valence-corrected chi connectivity index (χ0v) is 6.46. The lowest BCUT2D eigenvalue weighted by Gasteiger charge is -2.07. The highest BCUT2D eigenvalue weighted by atomic mass is 19.3. The fraction of sp³-hybridized carbons (Fsp3) is 1.00. The number of hydrogen-bond donors (Lipinski definition) is 0. The van der Waals surface area contributed by atoms with Crippen LogP contribution < -0.4 is 0 Å². The molecule has 0 saturated heterocycles. The summed E-state index contributed by atoms with van der Waals surface area (Å²) in [5.41, 5.74) is 0. The zero-order chi connectivity index (χ0) is 8.62. The Bertz CT molecular complexity index is 61.8. The fourth-order valence-corrected chi connectivity index (χ4v) is 0.281. The van der Waals surface area contributed by atoms with Gasteiger partial charge in [0.15, 0.2) is 0 Å². The molecule has 0 saturated carbocycles. The summed E-state index contributed by atoms with van der Waals surface area (Å²) in [4.78, 5) is 0. The minimum Gasteiger partial charge on any atom is -0.384 e. The van der Waals surface area contributed by atoms with Gasteiger partial charge in [0.1, 0.15) is 0 Å². The number of hydrogen-bond acceptors (Lipinski definition) is 1. The van der Waals surface area contributed by atoms with E-state index in [1.165, 1.54) is 7.11 Å². The number of methoxy groups -OCH3 is 1. The summed E-state index contributed by atoms with van der Waals surface area (Å²) < 4.78 is 37.6. The van der Waals surface area contributed by atoms with Gasteiger partial charge in [-0.05, 0) is 6.92 Å². The van der Waals surface area contributed by atoms with E-state index in [0.29, 0.717) is 7.18 Å². The summed E-state index contributed by atoms with van der Waals surface area (Å²) in [7, 11) is 1.91. The van der Waals surface area contributed by atoms with Gasteiger partial charge in [0, 0.05) is 13.5 Å². The largest absolute Gasteiger partial charge is 0.384 e. The minimum absolute atomic E-state index is 0. The van der Waals surface area contributed by atoms with Gasteiger partial charge in [-0.2, -0.15) is 0 Å². The highest BCUT2D eigenvalue weighted by Crippen LogP contribution is 2.15. The van der Waals surface area contributed by atoms with Crippen LogP contribution in [0, 0.1) is 0 Å². The molecule has 0 aromatic carbocycles. The lowest BCUT2D eigenvalue weighted by Crippen LogP contribution is -2.12. The molecule has 0 aromatic rings. The molecule has 0 aliphatic heterocycles. The third-order valence-electron chi connectivity index (χ3n) is 0.745. The molecule has 0 atom stereocenters. The van der Waals surface area contributed by atoms with Gasteiger partial charge < -0.3 is 4.74 Å². The van der Waals surface area contributed by atoms with Gasteiger partial charge in [-0.3, -0.25) is 4.39 Å². The standard InChI is InChI=1S/C5H10F2O.CH3F.2CH4/c1-5(6,7)3-4-8-2;1-2;;/h3-4H2,1-2H3;1H3;2*1H4. The van der Waals surface area contributed by atoms with Crippen molar-refractivity contribution in [3.8, 4) is 0 Å². The van der Waals surface area contributed by atoms with Crippen LogP contribution in [0.5, 0.6) is 0 Å². The first-order chi connectivity index (χ1) is 4.56. The highest BCUT2D eigenvalue weighted by Gasteiger charge is 2.19. The van der Waals surface area contributed by atoms with E-state index in [4.69, 9.17) is 0 Å². The van der Waals surface area contributed by atoms with Crippen LogP contribution in [0.15, 0.2) is 0 Å². The fourth-order valence-electron chi connectivity index (χ4n) is 0.281. The molecule has 80 valence electrons. The first-order valence-corrected chi connectivity index (χ1v) is 2.81. The summed E-state index contributed by atoms with van der Waals surface area (Å²) in [5.74, 6) is -2.57. The summed E-state index contributed by atoms with van der Waals surface area (Å²) in [6.45, 7) is 1.01. The normalized spacial score (nSPS) is 8.50. The second-order valence-electron chi connectivity index (χ2n) is 1.81. The Labute approximate surface area is 73.9 Å². The van der Waals surface area contributed by atoms with Gasteiger partial charge in [0.2, 0.25) is 5.92 Å². The summed E-state index contributed by atoms with van der Waals surface area (Å²) >= 11 is 0. The van der Waals surface area contributed by atoms with Crippen molar-refractivity contribution in [2.24, 2.45) is 0 Å². The van der Waals surface area contributed by atoms with Crippen molar-refractivity contribution in [1.29, 1.82) is 0 Å². The van der Waals surface area contributed by atoms with Crippen LogP contribution in [-0.4, -0.2) is 26.8 Å². The minimum atomic E-state index is -2.57. The van der Waals surface area contributed by atoms with Crippen LogP contribution in [0.2, 0.25) is 0 Å². The molecule has 0 fully saturated rings. The van der Waals surface area contributed by atoms with Gasteiger partial charge in [0.25, 0.3) is 0 Å². The zero-order valence-electron chi connectivity index (χ0n) is 6.46. The molecule has 1 nitrogen and oxygen atoms in total. The lowest BCUT2D eigenvalue weighted by atomic mass is 10.3. The van der Waals surface area contributed by atoms with Crippen molar-refractivity contribution < 1.29 is 17.9 Å². The Kier molecular flexibility index (Phi) is 25.1. The lowest BCUT2D eigenvalue weighted by molar-refractivity contribution is -0.00891. The monoisotopic (exact) mass is 190 g/mol. The van der Waals surface area contributed by atoms with Gasteiger partial charge in [-0.1, -0.05) is 14.9 Å². The van der Waals surface area contributed by atoms with E-state index in [9.17, 15) is 13.2 Å². The molecule has 0 unspecified atom stereocenters. The third-order valence-corrected chi connectivity index (χ3v) is 0.745. The highest BCUT2D eigenvalue weighted by molar-refractivity contribution is 4.55. The first kappa shape index (κ1) is 22.6. The molecule has 0 aliphatic carbocycles. The van der Waals surface area contributed by atoms with E-state index in [0.717, 1.165) is 6.92 Å². The Morgan fingerprint density at radius 1 is 1.17 bits per heavy atom. The van der Waals surface area contributed by atoms with Gasteiger partial charge in [-0.15, -0.1) is 0 Å². The second-order valence-corrected chi connectivity index (χ2v) is 1.81. The van der Waals surface area contributed by atoms with E-state index in [1.807, 2.05) is 0 Å². The number of ether oxygens (including phenoxy) is 1. The molecule has 4 heteroatoms. The maximum Gasteiger partial charge on any atom is 0.247 e. The summed E-state index contributed by atoms with van der Waals surface area (Å²) in [6, 6.07) is 0. The third kappa shape index (κ3) is 33.1. The van der Waals surface area contributed by atoms with Crippen molar-refractivity contribution in [1.82, 2.24) is 0 Å². The molecule has 0 radical (unpaired) electrons. The van der Waals surface area contributed by atoms with Crippen molar-refractivity contribution in [2.75, 3.05) is 20.9 Å². The van der Waals surface area contributed by atoms with Crippen molar-refractivity contribution in [3.05, 3.63) is 0 Å². The van der Waals surface area contributed by atoms with Crippen LogP contribution in [0.3, 0.4) is 0 Å². The molecule has 0 heterocycles. The van der Waals surface area contributed by atoms with Gasteiger partial charge in [0.05, 0.1) is 13.8 Å². The molecule has 0 amide bonds. The molecule has 0 rings (SSSR count). The molecule has 0 bridgehead atoms. The predicted octanol–water partition coefficient (Wildman–Crippen LogP) is 3.54. The van der Waals surface area contributed by atoms with E-state index in [1.54, 1.807) is 0 Å². The number of alkyl halides is 3. The van der Waals surface area contributed by atoms with Crippen LogP contribution in [0.25, 0.3) is 0 Å². The van der Waals surface area contributed by atoms with Crippen LogP contribution in [-0.2, 0) is 4.74 Å². The summed E-state index contributed by atoms with van der Waals surface area (Å²) in [6.07, 6.45) is -0.191. The number of halogens is 3. The van der Waals surface area contributed by atoms with Crippen molar-refractivity contribution in [2.45, 2.75) is 34.1 Å². The summed E-state index contributed by atoms with van der Waals surface area (Å²) in [5, 5.41) is 0. The van der Waals surface area contributed by atoms with Crippen LogP contribution in [0.1, 0.15) is 28.2 Å². The van der Waals surface area contributed by atoms with E-state index < -0.39 is 5.92 Å². The molecular weight excluding hydrogens is 169 g/mol. The van der Waals surface area contributed by atoms with E-state index in [-0.39, 0.29) is 27.9 Å². The first-order valence-electron chi connectivity index (χ1n) is 2.81. The molecule has 12 heavy (non-hydrogen) atoms. The topological polar surface area (TPSA) is 9.23 Å².